The number of amides is 1. The molecule has 0 bridgehead atoms. The standard InChI is InChI=1S/C12H15NO2/c14-11-4-2-1-3-10(11)7-12(15)13-8-9-5-6-9/h1-4,9,14H,5-8H2,(H,13,15). The van der Waals surface area contributed by atoms with Crippen LogP contribution in [0.4, 0.5) is 0 Å². The molecule has 1 amide bonds. The number of aromatic hydroxyl groups is 1. The average Bonchev–Trinajstić information content (AvgIpc) is 3.02. The van der Waals surface area contributed by atoms with Gasteiger partial charge in [0.25, 0.3) is 0 Å². The molecule has 1 fully saturated rings. The maximum Gasteiger partial charge on any atom is 0.224 e. The Hall–Kier alpha value is -1.51. The number of carbonyl (C=O) groups is 1. The Balaban J connectivity index is 1.84. The first-order valence-corrected chi connectivity index (χ1v) is 5.29. The third-order valence-corrected chi connectivity index (χ3v) is 2.63. The first-order valence-electron chi connectivity index (χ1n) is 5.29. The Kier molecular flexibility index (Phi) is 2.90. The van der Waals surface area contributed by atoms with Gasteiger partial charge in [0, 0.05) is 12.1 Å². The summed E-state index contributed by atoms with van der Waals surface area (Å²) in [5.74, 6) is 0.876. The van der Waals surface area contributed by atoms with Crippen molar-refractivity contribution in [3.05, 3.63) is 29.8 Å². The van der Waals surface area contributed by atoms with Crippen molar-refractivity contribution < 1.29 is 9.90 Å². The Morgan fingerprint density at radius 1 is 1.40 bits per heavy atom. The summed E-state index contributed by atoms with van der Waals surface area (Å²) in [4.78, 5) is 11.5. The molecule has 15 heavy (non-hydrogen) atoms. The fourth-order valence-electron chi connectivity index (χ4n) is 1.48. The molecule has 80 valence electrons. The van der Waals surface area contributed by atoms with Crippen molar-refractivity contribution in [2.24, 2.45) is 5.92 Å². The second-order valence-corrected chi connectivity index (χ2v) is 4.05. The number of benzene rings is 1. The minimum Gasteiger partial charge on any atom is -0.508 e. The van der Waals surface area contributed by atoms with Crippen LogP contribution in [0, 0.1) is 5.92 Å². The summed E-state index contributed by atoms with van der Waals surface area (Å²) in [5.41, 5.74) is 0.686. The van der Waals surface area contributed by atoms with Crippen molar-refractivity contribution >= 4 is 5.91 Å². The average molecular weight is 205 g/mol. The molecule has 2 rings (SSSR count). The van der Waals surface area contributed by atoms with Gasteiger partial charge in [0.1, 0.15) is 5.75 Å². The number of carbonyl (C=O) groups excluding carboxylic acids is 1. The van der Waals surface area contributed by atoms with Gasteiger partial charge in [0.15, 0.2) is 0 Å². The van der Waals surface area contributed by atoms with Gasteiger partial charge in [-0.15, -0.1) is 0 Å². The lowest BCUT2D eigenvalue weighted by atomic mass is 10.1. The van der Waals surface area contributed by atoms with E-state index < -0.39 is 0 Å². The Morgan fingerprint density at radius 2 is 2.13 bits per heavy atom. The van der Waals surface area contributed by atoms with E-state index >= 15 is 0 Å². The number of nitrogens with one attached hydrogen (secondary N) is 1. The lowest BCUT2D eigenvalue weighted by Crippen LogP contribution is -2.27. The molecule has 1 aliphatic carbocycles. The van der Waals surface area contributed by atoms with Crippen molar-refractivity contribution in [1.82, 2.24) is 5.32 Å². The first kappa shape index (κ1) is 10.0. The predicted molar refractivity (Wildman–Crippen MR) is 57.5 cm³/mol. The lowest BCUT2D eigenvalue weighted by Gasteiger charge is -2.05. The topological polar surface area (TPSA) is 49.3 Å². The molecule has 0 unspecified atom stereocenters. The first-order chi connectivity index (χ1) is 7.25. The SMILES string of the molecule is O=C(Cc1ccccc1O)NCC1CC1. The highest BCUT2D eigenvalue weighted by atomic mass is 16.3. The van der Waals surface area contributed by atoms with Crippen molar-refractivity contribution in [3.8, 4) is 5.75 Å². The van der Waals surface area contributed by atoms with E-state index in [1.165, 1.54) is 12.8 Å². The summed E-state index contributed by atoms with van der Waals surface area (Å²) in [6, 6.07) is 6.94. The maximum absolute atomic E-state index is 11.5. The van der Waals surface area contributed by atoms with Crippen LogP contribution in [0.2, 0.25) is 0 Å². The van der Waals surface area contributed by atoms with E-state index in [0.29, 0.717) is 11.5 Å². The summed E-state index contributed by atoms with van der Waals surface area (Å²) in [6.45, 7) is 0.784. The highest BCUT2D eigenvalue weighted by Crippen LogP contribution is 2.27. The fraction of sp³-hybridized carbons (Fsp3) is 0.417. The molecule has 3 heteroatoms. The van der Waals surface area contributed by atoms with Crippen LogP contribution in [0.15, 0.2) is 24.3 Å². The molecule has 1 aliphatic rings. The van der Waals surface area contributed by atoms with E-state index in [9.17, 15) is 9.90 Å². The monoisotopic (exact) mass is 205 g/mol. The van der Waals surface area contributed by atoms with Gasteiger partial charge >= 0.3 is 0 Å². The normalized spacial score (nSPS) is 14.9. The number of rotatable bonds is 4. The summed E-state index contributed by atoms with van der Waals surface area (Å²) < 4.78 is 0. The van der Waals surface area contributed by atoms with E-state index in [-0.39, 0.29) is 18.1 Å². The third-order valence-electron chi connectivity index (χ3n) is 2.63. The van der Waals surface area contributed by atoms with Gasteiger partial charge in [-0.1, -0.05) is 18.2 Å². The highest BCUT2D eigenvalue weighted by Gasteiger charge is 2.21. The Labute approximate surface area is 89.1 Å². The fourth-order valence-corrected chi connectivity index (χ4v) is 1.48. The minimum atomic E-state index is -0.0107. The molecule has 1 saturated carbocycles. The molecule has 0 aromatic heterocycles. The second-order valence-electron chi connectivity index (χ2n) is 4.05. The van der Waals surface area contributed by atoms with Crippen LogP contribution in [0.5, 0.6) is 5.75 Å². The van der Waals surface area contributed by atoms with Gasteiger partial charge in [-0.25, -0.2) is 0 Å². The third kappa shape index (κ3) is 2.98. The zero-order valence-electron chi connectivity index (χ0n) is 8.57. The van der Waals surface area contributed by atoms with E-state index in [1.807, 2.05) is 6.07 Å². The molecular weight excluding hydrogens is 190 g/mol. The van der Waals surface area contributed by atoms with Gasteiger partial charge in [-0.05, 0) is 24.8 Å². The van der Waals surface area contributed by atoms with Crippen LogP contribution < -0.4 is 5.32 Å². The molecule has 0 atom stereocenters. The van der Waals surface area contributed by atoms with E-state index in [4.69, 9.17) is 0 Å². The van der Waals surface area contributed by atoms with Crippen LogP contribution in [0.25, 0.3) is 0 Å². The number of phenols is 1. The molecule has 1 aromatic carbocycles. The highest BCUT2D eigenvalue weighted by molar-refractivity contribution is 5.79. The van der Waals surface area contributed by atoms with Crippen molar-refractivity contribution in [2.75, 3.05) is 6.54 Å². The maximum atomic E-state index is 11.5. The molecular formula is C12H15NO2. The molecule has 0 heterocycles. The zero-order valence-corrected chi connectivity index (χ0v) is 8.57. The number of phenolic OH excluding ortho intramolecular Hbond substituents is 1. The van der Waals surface area contributed by atoms with Crippen LogP contribution in [0.1, 0.15) is 18.4 Å². The predicted octanol–water partition coefficient (Wildman–Crippen LogP) is 1.46. The summed E-state index contributed by atoms with van der Waals surface area (Å²) in [5, 5.41) is 12.3. The van der Waals surface area contributed by atoms with E-state index in [1.54, 1.807) is 18.2 Å². The Morgan fingerprint density at radius 3 is 2.80 bits per heavy atom. The van der Waals surface area contributed by atoms with Gasteiger partial charge in [0.05, 0.1) is 6.42 Å². The van der Waals surface area contributed by atoms with Gasteiger partial charge < -0.3 is 10.4 Å². The molecule has 0 radical (unpaired) electrons. The quantitative estimate of drug-likeness (QED) is 0.781. The van der Waals surface area contributed by atoms with Gasteiger partial charge in [-0.3, -0.25) is 4.79 Å². The number of para-hydroxylation sites is 1. The Bertz CT molecular complexity index is 358. The molecule has 0 aliphatic heterocycles. The van der Waals surface area contributed by atoms with E-state index in [2.05, 4.69) is 5.32 Å². The smallest absolute Gasteiger partial charge is 0.224 e. The van der Waals surface area contributed by atoms with Crippen molar-refractivity contribution in [1.29, 1.82) is 0 Å². The lowest BCUT2D eigenvalue weighted by molar-refractivity contribution is -0.120. The van der Waals surface area contributed by atoms with E-state index in [0.717, 1.165) is 6.54 Å². The summed E-state index contributed by atoms with van der Waals surface area (Å²) >= 11 is 0. The van der Waals surface area contributed by atoms with Crippen LogP contribution >= 0.6 is 0 Å². The van der Waals surface area contributed by atoms with Crippen LogP contribution in [0.3, 0.4) is 0 Å². The number of hydrogen-bond donors (Lipinski definition) is 2. The zero-order chi connectivity index (χ0) is 10.7. The van der Waals surface area contributed by atoms with Gasteiger partial charge in [0.2, 0.25) is 5.91 Å². The molecule has 0 saturated heterocycles. The number of hydrogen-bond acceptors (Lipinski definition) is 2. The van der Waals surface area contributed by atoms with Crippen molar-refractivity contribution in [3.63, 3.8) is 0 Å². The largest absolute Gasteiger partial charge is 0.508 e. The molecule has 1 aromatic rings. The summed E-state index contributed by atoms with van der Waals surface area (Å²) in [7, 11) is 0. The molecule has 0 spiro atoms. The molecule has 3 nitrogen and oxygen atoms in total. The molecule has 2 N–H and O–H groups in total. The minimum absolute atomic E-state index is 0.0107. The summed E-state index contributed by atoms with van der Waals surface area (Å²) in [6.07, 6.45) is 2.73. The van der Waals surface area contributed by atoms with Gasteiger partial charge in [-0.2, -0.15) is 0 Å². The van der Waals surface area contributed by atoms with Crippen molar-refractivity contribution in [2.45, 2.75) is 19.3 Å². The van der Waals surface area contributed by atoms with Crippen LogP contribution in [-0.4, -0.2) is 17.6 Å². The second kappa shape index (κ2) is 4.34. The van der Waals surface area contributed by atoms with Crippen LogP contribution in [-0.2, 0) is 11.2 Å².